The summed E-state index contributed by atoms with van der Waals surface area (Å²) in [5.74, 6) is -1.24. The van der Waals surface area contributed by atoms with E-state index in [1.807, 2.05) is 38.1 Å². The number of rotatable bonds is 11. The van der Waals surface area contributed by atoms with Gasteiger partial charge in [-0.2, -0.15) is 17.2 Å². The van der Waals surface area contributed by atoms with E-state index in [2.05, 4.69) is 79.7 Å². The van der Waals surface area contributed by atoms with Gasteiger partial charge in [0.15, 0.2) is 32.4 Å². The highest BCUT2D eigenvalue weighted by Gasteiger charge is 2.52. The Balaban J connectivity index is 1.49. The summed E-state index contributed by atoms with van der Waals surface area (Å²) in [4.78, 5) is 2.84. The van der Waals surface area contributed by atoms with Crippen LogP contribution in [0.2, 0.25) is 0 Å². The van der Waals surface area contributed by atoms with Crippen molar-refractivity contribution in [1.29, 1.82) is 0 Å². The van der Waals surface area contributed by atoms with Gasteiger partial charge in [-0.1, -0.05) is 55.4 Å². The molecule has 5 unspecified atom stereocenters. The maximum atomic E-state index is 14.2. The van der Waals surface area contributed by atoms with Gasteiger partial charge in [0.05, 0.1) is 36.3 Å². The van der Waals surface area contributed by atoms with Crippen molar-refractivity contribution in [2.75, 3.05) is 13.2 Å². The highest BCUT2D eigenvalue weighted by Crippen LogP contribution is 2.45. The van der Waals surface area contributed by atoms with Gasteiger partial charge >= 0.3 is 15.4 Å². The molecule has 2 fully saturated rings. The maximum absolute atomic E-state index is 14.2. The molecule has 0 bridgehead atoms. The van der Waals surface area contributed by atoms with Gasteiger partial charge in [-0.15, -0.1) is 0 Å². The van der Waals surface area contributed by atoms with Crippen LogP contribution in [0.15, 0.2) is 87.5 Å². The zero-order valence-electron chi connectivity index (χ0n) is 32.6. The molecular weight excluding hydrogens is 723 g/mol. The molecule has 8 nitrogen and oxygen atoms in total. The third-order valence-corrected chi connectivity index (χ3v) is 13.6. The molecular formula is C41H55F2O8S2+. The minimum absolute atomic E-state index is 0.00387. The van der Waals surface area contributed by atoms with E-state index in [-0.39, 0.29) is 28.8 Å². The van der Waals surface area contributed by atoms with Crippen LogP contribution in [-0.4, -0.2) is 49.8 Å². The number of ether oxygens (including phenoxy) is 5. The maximum Gasteiger partial charge on any atom is 0.405 e. The number of halogens is 2. The van der Waals surface area contributed by atoms with Crippen LogP contribution in [-0.2, 0) is 51.5 Å². The third kappa shape index (κ3) is 8.49. The third-order valence-electron chi connectivity index (χ3n) is 10.3. The van der Waals surface area contributed by atoms with Crippen LogP contribution < -0.4 is 4.74 Å². The first kappa shape index (κ1) is 41.6. The molecule has 0 aliphatic carbocycles. The van der Waals surface area contributed by atoms with Crippen molar-refractivity contribution in [1.82, 2.24) is 0 Å². The Kier molecular flexibility index (Phi) is 11.6. The van der Waals surface area contributed by atoms with Gasteiger partial charge in [-0.25, -0.2) is 0 Å². The number of hydrogen-bond acceptors (Lipinski definition) is 7. The van der Waals surface area contributed by atoms with Crippen molar-refractivity contribution in [2.24, 2.45) is 22.7 Å². The smallest absolute Gasteiger partial charge is 0.405 e. The second kappa shape index (κ2) is 14.8. The number of hydrogen-bond donors (Lipinski definition) is 1. The highest BCUT2D eigenvalue weighted by molar-refractivity contribution is 7.97. The molecule has 0 spiro atoms. The summed E-state index contributed by atoms with van der Waals surface area (Å²) < 4.78 is 91.4. The van der Waals surface area contributed by atoms with E-state index in [0.717, 1.165) is 32.7 Å². The second-order valence-corrected chi connectivity index (χ2v) is 20.2. The van der Waals surface area contributed by atoms with Crippen molar-refractivity contribution in [2.45, 2.75) is 126 Å². The van der Waals surface area contributed by atoms with Crippen LogP contribution in [0.3, 0.4) is 0 Å². The quantitative estimate of drug-likeness (QED) is 0.152. The SMILES string of the molecule is CC(C)C1OC(C)(c2ccc([S+](c3ccc(OC(C)C(F)(F)S(=O)(=O)O)cc3)c3ccc(C4(C)OCC(C)(C)C(C(C)C)O4)cc3)cc2)OCC1(C)C. The molecule has 1 N–H and O–H groups in total. The summed E-state index contributed by atoms with van der Waals surface area (Å²) in [5.41, 5.74) is 1.50. The van der Waals surface area contributed by atoms with Crippen LogP contribution in [0.1, 0.15) is 87.3 Å². The average Bonchev–Trinajstić information content (AvgIpc) is 3.08. The van der Waals surface area contributed by atoms with E-state index in [1.165, 1.54) is 12.1 Å². The monoisotopic (exact) mass is 777 g/mol. The van der Waals surface area contributed by atoms with Crippen LogP contribution in [0.4, 0.5) is 8.78 Å². The fourth-order valence-corrected chi connectivity index (χ4v) is 9.90. The van der Waals surface area contributed by atoms with Crippen LogP contribution >= 0.6 is 0 Å². The first-order valence-electron chi connectivity index (χ1n) is 18.1. The predicted octanol–water partition coefficient (Wildman–Crippen LogP) is 9.57. The molecule has 0 radical (unpaired) electrons. The largest absolute Gasteiger partial charge is 0.483 e. The van der Waals surface area contributed by atoms with Gasteiger partial charge in [0.25, 0.3) is 0 Å². The van der Waals surface area contributed by atoms with Gasteiger partial charge < -0.3 is 23.7 Å². The van der Waals surface area contributed by atoms with E-state index in [0.29, 0.717) is 25.0 Å². The fourth-order valence-electron chi connectivity index (χ4n) is 7.40. The molecule has 2 saturated heterocycles. The Morgan fingerprint density at radius 1 is 0.679 bits per heavy atom. The molecule has 2 aliphatic heterocycles. The zero-order valence-corrected chi connectivity index (χ0v) is 34.2. The minimum Gasteiger partial charge on any atom is -0.483 e. The molecule has 12 heteroatoms. The molecule has 0 aromatic heterocycles. The van der Waals surface area contributed by atoms with E-state index in [9.17, 15) is 17.2 Å². The highest BCUT2D eigenvalue weighted by atomic mass is 32.2. The Labute approximate surface area is 317 Å². The first-order chi connectivity index (χ1) is 24.4. The van der Waals surface area contributed by atoms with Gasteiger partial charge in [0.2, 0.25) is 0 Å². The minimum atomic E-state index is -5.67. The Bertz CT molecular complexity index is 1740. The van der Waals surface area contributed by atoms with E-state index >= 15 is 0 Å². The summed E-state index contributed by atoms with van der Waals surface area (Å²) in [6, 6.07) is 22.9. The second-order valence-electron chi connectivity index (χ2n) is 16.6. The molecule has 0 amide bonds. The molecule has 2 heterocycles. The normalized spacial score (nSPS) is 27.4. The van der Waals surface area contributed by atoms with E-state index < -0.39 is 43.9 Å². The molecule has 53 heavy (non-hydrogen) atoms. The Morgan fingerprint density at radius 3 is 1.34 bits per heavy atom. The van der Waals surface area contributed by atoms with Crippen molar-refractivity contribution in [3.8, 4) is 5.75 Å². The molecule has 5 rings (SSSR count). The summed E-state index contributed by atoms with van der Waals surface area (Å²) in [6.45, 7) is 23.2. The molecule has 292 valence electrons. The van der Waals surface area contributed by atoms with Crippen molar-refractivity contribution >= 4 is 21.0 Å². The standard InChI is InChI=1S/C41H54F2O8S2/c1-26(2)35-37(6,7)24-47-39(10,50-35)29-12-18-32(19-13-29)52(34-22-16-31(17-23-34)49-28(5)41(42,43)53(44,45)46)33-20-14-30(15-21-33)40(11)48-25-38(8,9)36(51-40)27(3)4/h12-23,26-28,35-36H,24-25H2,1-11H3/p+1. The number of benzene rings is 3. The summed E-state index contributed by atoms with van der Waals surface area (Å²) in [7, 11) is -6.34. The average molecular weight is 778 g/mol. The Morgan fingerprint density at radius 2 is 1.02 bits per heavy atom. The lowest BCUT2D eigenvalue weighted by Gasteiger charge is -2.49. The van der Waals surface area contributed by atoms with Crippen LogP contribution in [0, 0.1) is 22.7 Å². The van der Waals surface area contributed by atoms with E-state index in [4.69, 9.17) is 28.2 Å². The molecule has 3 aromatic carbocycles. The zero-order chi connectivity index (χ0) is 39.4. The lowest BCUT2D eigenvalue weighted by molar-refractivity contribution is -0.337. The lowest BCUT2D eigenvalue weighted by Crippen LogP contribution is -2.52. The van der Waals surface area contributed by atoms with Crippen molar-refractivity contribution in [3.05, 3.63) is 83.9 Å². The molecule has 2 aliphatic rings. The summed E-state index contributed by atoms with van der Waals surface area (Å²) >= 11 is 0. The Hall–Kier alpha value is -2.58. The summed E-state index contributed by atoms with van der Waals surface area (Å²) in [6.07, 6.45) is -2.13. The van der Waals surface area contributed by atoms with Gasteiger partial charge in [0, 0.05) is 22.0 Å². The van der Waals surface area contributed by atoms with Crippen LogP contribution in [0.5, 0.6) is 5.75 Å². The van der Waals surface area contributed by atoms with Crippen LogP contribution in [0.25, 0.3) is 0 Å². The van der Waals surface area contributed by atoms with E-state index in [1.54, 1.807) is 12.1 Å². The predicted molar refractivity (Wildman–Crippen MR) is 202 cm³/mol. The fraction of sp³-hybridized carbons (Fsp3) is 0.561. The van der Waals surface area contributed by atoms with Crippen molar-refractivity contribution in [3.63, 3.8) is 0 Å². The van der Waals surface area contributed by atoms with Gasteiger partial charge in [0.1, 0.15) is 5.75 Å². The van der Waals surface area contributed by atoms with Gasteiger partial charge in [-0.05, 0) is 105 Å². The first-order valence-corrected chi connectivity index (χ1v) is 20.8. The molecule has 0 saturated carbocycles. The topological polar surface area (TPSA) is 101 Å². The van der Waals surface area contributed by atoms with Gasteiger partial charge in [-0.3, -0.25) is 4.55 Å². The summed E-state index contributed by atoms with van der Waals surface area (Å²) in [5, 5.41) is -4.49. The lowest BCUT2D eigenvalue weighted by atomic mass is 9.80. The molecule has 5 atom stereocenters. The number of alkyl halides is 2. The molecule has 3 aromatic rings. The van der Waals surface area contributed by atoms with Crippen molar-refractivity contribution < 1.29 is 45.4 Å².